The normalized spacial score (nSPS) is 10.2. The zero-order valence-corrected chi connectivity index (χ0v) is 7.47. The van der Waals surface area contributed by atoms with E-state index < -0.39 is 0 Å². The molecule has 0 saturated carbocycles. The fourth-order valence-electron chi connectivity index (χ4n) is 1.03. The molecular weight excluding hydrogens is 186 g/mol. The summed E-state index contributed by atoms with van der Waals surface area (Å²) in [4.78, 5) is 18.4. The lowest BCUT2D eigenvalue weighted by molar-refractivity contribution is 1.14. The highest BCUT2D eigenvalue weighted by Crippen LogP contribution is 2.21. The number of H-pyrrole nitrogens is 1. The van der Waals surface area contributed by atoms with Crippen LogP contribution in [0.1, 0.15) is 0 Å². The standard InChI is InChI=1S/C8H7N3OS/c9-8-10-5(4-7(12)11-8)6-2-1-3-13-6/h1-4H,(H3,9,10,11,12). The summed E-state index contributed by atoms with van der Waals surface area (Å²) in [5.74, 6) is 0.149. The minimum atomic E-state index is -0.226. The first kappa shape index (κ1) is 8.00. The van der Waals surface area contributed by atoms with Crippen LogP contribution < -0.4 is 11.3 Å². The number of hydrogen-bond donors (Lipinski definition) is 2. The third-order valence-electron chi connectivity index (χ3n) is 1.53. The number of nitrogens with two attached hydrogens (primary N) is 1. The predicted molar refractivity (Wildman–Crippen MR) is 52.6 cm³/mol. The number of aromatic amines is 1. The minimum absolute atomic E-state index is 0.149. The Hall–Kier alpha value is -1.62. The number of hydrogen-bond acceptors (Lipinski definition) is 4. The Morgan fingerprint density at radius 3 is 3.00 bits per heavy atom. The van der Waals surface area contributed by atoms with Gasteiger partial charge in [0.1, 0.15) is 0 Å². The molecule has 5 heteroatoms. The van der Waals surface area contributed by atoms with Gasteiger partial charge >= 0.3 is 0 Å². The summed E-state index contributed by atoms with van der Waals surface area (Å²) >= 11 is 1.52. The maximum Gasteiger partial charge on any atom is 0.252 e. The Bertz CT molecular complexity index is 460. The third-order valence-corrected chi connectivity index (χ3v) is 2.43. The lowest BCUT2D eigenvalue weighted by Crippen LogP contribution is -2.09. The third kappa shape index (κ3) is 1.59. The zero-order valence-electron chi connectivity index (χ0n) is 6.65. The lowest BCUT2D eigenvalue weighted by Gasteiger charge is -1.96. The molecule has 2 aromatic heterocycles. The van der Waals surface area contributed by atoms with Crippen LogP contribution in [0, 0.1) is 0 Å². The van der Waals surface area contributed by atoms with E-state index in [-0.39, 0.29) is 11.5 Å². The Balaban J connectivity index is 2.59. The number of thiophene rings is 1. The molecule has 0 aliphatic heterocycles. The highest BCUT2D eigenvalue weighted by atomic mass is 32.1. The number of aromatic nitrogens is 2. The summed E-state index contributed by atoms with van der Waals surface area (Å²) in [6.07, 6.45) is 0. The SMILES string of the molecule is Nc1nc(-c2cccs2)cc(=O)[nH]1. The van der Waals surface area contributed by atoms with E-state index in [0.29, 0.717) is 5.69 Å². The zero-order chi connectivity index (χ0) is 9.26. The Labute approximate surface area is 78.1 Å². The average Bonchev–Trinajstić information content (AvgIpc) is 2.53. The summed E-state index contributed by atoms with van der Waals surface area (Å²) in [7, 11) is 0. The smallest absolute Gasteiger partial charge is 0.252 e. The van der Waals surface area contributed by atoms with E-state index in [1.807, 2.05) is 17.5 Å². The van der Waals surface area contributed by atoms with Crippen molar-refractivity contribution in [3.8, 4) is 10.6 Å². The van der Waals surface area contributed by atoms with Gasteiger partial charge in [0.05, 0.1) is 10.6 Å². The fraction of sp³-hybridized carbons (Fsp3) is 0. The van der Waals surface area contributed by atoms with Crippen molar-refractivity contribution in [2.75, 3.05) is 5.73 Å². The molecule has 13 heavy (non-hydrogen) atoms. The van der Waals surface area contributed by atoms with Crippen LogP contribution in [0.4, 0.5) is 5.95 Å². The van der Waals surface area contributed by atoms with Crippen LogP contribution in [-0.4, -0.2) is 9.97 Å². The molecule has 0 saturated heterocycles. The van der Waals surface area contributed by atoms with Crippen LogP contribution in [0.3, 0.4) is 0 Å². The monoisotopic (exact) mass is 193 g/mol. The first-order valence-electron chi connectivity index (χ1n) is 3.66. The van der Waals surface area contributed by atoms with Gasteiger partial charge in [-0.15, -0.1) is 11.3 Å². The van der Waals surface area contributed by atoms with Crippen molar-refractivity contribution in [3.63, 3.8) is 0 Å². The molecule has 2 heterocycles. The molecule has 3 N–H and O–H groups in total. The number of nitrogen functional groups attached to an aromatic ring is 1. The molecule has 0 bridgehead atoms. The van der Waals surface area contributed by atoms with E-state index in [1.165, 1.54) is 17.4 Å². The summed E-state index contributed by atoms with van der Waals surface area (Å²) in [5.41, 5.74) is 5.80. The van der Waals surface area contributed by atoms with Gasteiger partial charge < -0.3 is 5.73 Å². The van der Waals surface area contributed by atoms with E-state index in [9.17, 15) is 4.79 Å². The van der Waals surface area contributed by atoms with Gasteiger partial charge in [0.25, 0.3) is 5.56 Å². The summed E-state index contributed by atoms with van der Waals surface area (Å²) in [6, 6.07) is 5.23. The predicted octanol–water partition coefficient (Wildman–Crippen LogP) is 1.08. The van der Waals surface area contributed by atoms with Gasteiger partial charge in [0.2, 0.25) is 5.95 Å². The lowest BCUT2D eigenvalue weighted by atomic mass is 10.3. The number of rotatable bonds is 1. The van der Waals surface area contributed by atoms with Crippen LogP contribution in [-0.2, 0) is 0 Å². The van der Waals surface area contributed by atoms with Gasteiger partial charge in [-0.2, -0.15) is 0 Å². The molecule has 0 atom stereocenters. The number of nitrogens with one attached hydrogen (secondary N) is 1. The minimum Gasteiger partial charge on any atom is -0.369 e. The van der Waals surface area contributed by atoms with Gasteiger partial charge in [0, 0.05) is 6.07 Å². The Morgan fingerprint density at radius 2 is 2.38 bits per heavy atom. The van der Waals surface area contributed by atoms with Crippen LogP contribution in [0.5, 0.6) is 0 Å². The molecule has 0 aliphatic carbocycles. The second-order valence-corrected chi connectivity index (χ2v) is 3.44. The van der Waals surface area contributed by atoms with E-state index in [0.717, 1.165) is 4.88 Å². The van der Waals surface area contributed by atoms with Crippen molar-refractivity contribution < 1.29 is 0 Å². The first-order valence-corrected chi connectivity index (χ1v) is 4.54. The van der Waals surface area contributed by atoms with Gasteiger partial charge in [-0.1, -0.05) is 6.07 Å². The highest BCUT2D eigenvalue weighted by molar-refractivity contribution is 7.13. The van der Waals surface area contributed by atoms with Gasteiger partial charge in [-0.3, -0.25) is 9.78 Å². The molecule has 0 radical (unpaired) electrons. The topological polar surface area (TPSA) is 71.8 Å². The van der Waals surface area contributed by atoms with E-state index in [2.05, 4.69) is 9.97 Å². The maximum atomic E-state index is 11.0. The molecule has 0 aromatic carbocycles. The van der Waals surface area contributed by atoms with Crippen LogP contribution in [0.2, 0.25) is 0 Å². The Morgan fingerprint density at radius 1 is 1.54 bits per heavy atom. The van der Waals surface area contributed by atoms with E-state index in [1.54, 1.807) is 0 Å². The molecule has 0 fully saturated rings. The van der Waals surface area contributed by atoms with Crippen LogP contribution in [0.25, 0.3) is 10.6 Å². The summed E-state index contributed by atoms with van der Waals surface area (Å²) in [6.45, 7) is 0. The average molecular weight is 193 g/mol. The van der Waals surface area contributed by atoms with Crippen molar-refractivity contribution in [1.82, 2.24) is 9.97 Å². The molecule has 0 spiro atoms. The van der Waals surface area contributed by atoms with Gasteiger partial charge in [0.15, 0.2) is 0 Å². The van der Waals surface area contributed by atoms with Gasteiger partial charge in [-0.05, 0) is 11.4 Å². The van der Waals surface area contributed by atoms with E-state index >= 15 is 0 Å². The second-order valence-electron chi connectivity index (χ2n) is 2.49. The highest BCUT2D eigenvalue weighted by Gasteiger charge is 2.01. The molecule has 4 nitrogen and oxygen atoms in total. The van der Waals surface area contributed by atoms with Crippen molar-refractivity contribution in [2.24, 2.45) is 0 Å². The van der Waals surface area contributed by atoms with Gasteiger partial charge in [-0.25, -0.2) is 4.98 Å². The number of nitrogens with zero attached hydrogens (tertiary/aromatic N) is 1. The maximum absolute atomic E-state index is 11.0. The number of anilines is 1. The van der Waals surface area contributed by atoms with Crippen molar-refractivity contribution >= 4 is 17.3 Å². The molecular formula is C8H7N3OS. The summed E-state index contributed by atoms with van der Waals surface area (Å²) < 4.78 is 0. The van der Waals surface area contributed by atoms with Crippen LogP contribution >= 0.6 is 11.3 Å². The molecule has 0 amide bonds. The first-order chi connectivity index (χ1) is 6.25. The van der Waals surface area contributed by atoms with Crippen molar-refractivity contribution in [3.05, 3.63) is 33.9 Å². The Kier molecular flexibility index (Phi) is 1.86. The quantitative estimate of drug-likeness (QED) is 0.711. The fourth-order valence-corrected chi connectivity index (χ4v) is 1.71. The molecule has 66 valence electrons. The summed E-state index contributed by atoms with van der Waals surface area (Å²) in [5, 5.41) is 1.92. The van der Waals surface area contributed by atoms with Crippen LogP contribution in [0.15, 0.2) is 28.4 Å². The molecule has 2 aromatic rings. The van der Waals surface area contributed by atoms with Crippen molar-refractivity contribution in [1.29, 1.82) is 0 Å². The largest absolute Gasteiger partial charge is 0.369 e. The molecule has 0 aliphatic rings. The molecule has 2 rings (SSSR count). The molecule has 0 unspecified atom stereocenters. The second kappa shape index (κ2) is 3.02. The van der Waals surface area contributed by atoms with E-state index in [4.69, 9.17) is 5.73 Å². The van der Waals surface area contributed by atoms with Crippen molar-refractivity contribution in [2.45, 2.75) is 0 Å².